The molecule has 0 unspecified atom stereocenters. The second-order valence-corrected chi connectivity index (χ2v) is 8.93. The smallest absolute Gasteiger partial charge is 0.269 e. The predicted molar refractivity (Wildman–Crippen MR) is 133 cm³/mol. The predicted octanol–water partition coefficient (Wildman–Crippen LogP) is 5.25. The van der Waals surface area contributed by atoms with Crippen LogP contribution in [0.15, 0.2) is 81.1 Å². The molecule has 5 aromatic rings. The first kappa shape index (κ1) is 22.5. The van der Waals surface area contributed by atoms with Gasteiger partial charge in [-0.25, -0.2) is 4.98 Å². The summed E-state index contributed by atoms with van der Waals surface area (Å²) in [6, 6.07) is 19.1. The quantitative estimate of drug-likeness (QED) is 0.138. The van der Waals surface area contributed by atoms with Crippen LogP contribution in [0.25, 0.3) is 28.0 Å². The van der Waals surface area contributed by atoms with E-state index in [1.807, 2.05) is 50.2 Å². The highest BCUT2D eigenvalue weighted by atomic mass is 32.2. The van der Waals surface area contributed by atoms with E-state index in [0.717, 1.165) is 16.8 Å². The van der Waals surface area contributed by atoms with Crippen LogP contribution in [0.5, 0.6) is 0 Å². The molecule has 35 heavy (non-hydrogen) atoms. The molecule has 0 saturated carbocycles. The molecule has 5 rings (SSSR count). The van der Waals surface area contributed by atoms with Gasteiger partial charge in [0.1, 0.15) is 0 Å². The Hall–Kier alpha value is -4.31. The first-order chi connectivity index (χ1) is 16.9. The van der Waals surface area contributed by atoms with Gasteiger partial charge in [-0.2, -0.15) is 0 Å². The lowest BCUT2D eigenvalue weighted by atomic mass is 10.1. The van der Waals surface area contributed by atoms with Crippen LogP contribution in [-0.2, 0) is 5.75 Å². The Labute approximate surface area is 203 Å². The van der Waals surface area contributed by atoms with Gasteiger partial charge in [-0.3, -0.25) is 19.5 Å². The number of hydrogen-bond acceptors (Lipinski definition) is 8. The fourth-order valence-corrected chi connectivity index (χ4v) is 4.65. The molecule has 0 fully saturated rings. The van der Waals surface area contributed by atoms with Crippen molar-refractivity contribution in [2.24, 2.45) is 0 Å². The molecule has 174 valence electrons. The van der Waals surface area contributed by atoms with Gasteiger partial charge in [0.05, 0.1) is 27.3 Å². The lowest BCUT2D eigenvalue weighted by Gasteiger charge is -2.14. The van der Waals surface area contributed by atoms with Crippen molar-refractivity contribution in [2.75, 3.05) is 0 Å². The summed E-state index contributed by atoms with van der Waals surface area (Å²) in [6.07, 6.45) is 0. The Bertz CT molecular complexity index is 1610. The maximum Gasteiger partial charge on any atom is 0.269 e. The lowest BCUT2D eigenvalue weighted by molar-refractivity contribution is -0.384. The Morgan fingerprint density at radius 3 is 2.43 bits per heavy atom. The molecule has 0 radical (unpaired) electrons. The number of para-hydroxylation sites is 1. The van der Waals surface area contributed by atoms with E-state index in [-0.39, 0.29) is 22.9 Å². The van der Waals surface area contributed by atoms with Crippen molar-refractivity contribution in [3.05, 3.63) is 104 Å². The number of aromatic nitrogens is 4. The first-order valence-corrected chi connectivity index (χ1v) is 11.7. The molecule has 0 spiro atoms. The van der Waals surface area contributed by atoms with Crippen molar-refractivity contribution in [1.29, 1.82) is 0 Å². The van der Waals surface area contributed by atoms with Crippen LogP contribution in [0, 0.1) is 24.0 Å². The van der Waals surface area contributed by atoms with Gasteiger partial charge in [-0.15, -0.1) is 10.2 Å². The standard InChI is InChI=1S/C25H19N5O4S/c1-15-11-16(2)13-19(12-15)29-24(31)20-5-3-4-6-21(20)26-25(29)35-14-22-27-28-23(34-22)17-7-9-18(10-8-17)30(32)33/h3-13H,14H2,1-2H3. The van der Waals surface area contributed by atoms with Gasteiger partial charge >= 0.3 is 0 Å². The highest BCUT2D eigenvalue weighted by Gasteiger charge is 2.16. The van der Waals surface area contributed by atoms with Crippen molar-refractivity contribution < 1.29 is 9.34 Å². The van der Waals surface area contributed by atoms with Gasteiger partial charge in [0.25, 0.3) is 11.2 Å². The highest BCUT2D eigenvalue weighted by Crippen LogP contribution is 2.27. The number of fused-ring (bicyclic) bond motifs is 1. The zero-order valence-corrected chi connectivity index (χ0v) is 19.7. The Balaban J connectivity index is 1.49. The number of non-ortho nitro benzene ring substituents is 1. The second kappa shape index (κ2) is 9.15. The second-order valence-electron chi connectivity index (χ2n) is 7.99. The minimum Gasteiger partial charge on any atom is -0.420 e. The fourth-order valence-electron chi connectivity index (χ4n) is 3.80. The van der Waals surface area contributed by atoms with E-state index in [2.05, 4.69) is 10.2 Å². The van der Waals surface area contributed by atoms with Crippen molar-refractivity contribution in [2.45, 2.75) is 24.8 Å². The molecule has 0 atom stereocenters. The molecule has 0 aliphatic heterocycles. The van der Waals surface area contributed by atoms with E-state index in [9.17, 15) is 14.9 Å². The van der Waals surface area contributed by atoms with Gasteiger partial charge in [0.15, 0.2) is 5.16 Å². The van der Waals surface area contributed by atoms with Gasteiger partial charge in [-0.1, -0.05) is 30.0 Å². The maximum atomic E-state index is 13.5. The molecular weight excluding hydrogens is 466 g/mol. The summed E-state index contributed by atoms with van der Waals surface area (Å²) in [4.78, 5) is 28.6. The van der Waals surface area contributed by atoms with E-state index >= 15 is 0 Å². The number of nitro benzene ring substituents is 1. The Morgan fingerprint density at radius 2 is 1.71 bits per heavy atom. The molecule has 10 heteroatoms. The van der Waals surface area contributed by atoms with Crippen molar-refractivity contribution in [3.63, 3.8) is 0 Å². The van der Waals surface area contributed by atoms with Crippen LogP contribution in [0.2, 0.25) is 0 Å². The number of hydrogen-bond donors (Lipinski definition) is 0. The number of aryl methyl sites for hydroxylation is 2. The normalized spacial score (nSPS) is 11.1. The van der Waals surface area contributed by atoms with E-state index in [0.29, 0.717) is 27.5 Å². The van der Waals surface area contributed by atoms with E-state index in [4.69, 9.17) is 9.40 Å². The third kappa shape index (κ3) is 4.56. The first-order valence-electron chi connectivity index (χ1n) is 10.7. The molecule has 0 amide bonds. The zero-order chi connectivity index (χ0) is 24.5. The highest BCUT2D eigenvalue weighted by molar-refractivity contribution is 7.98. The average molecular weight is 486 g/mol. The monoisotopic (exact) mass is 485 g/mol. The van der Waals surface area contributed by atoms with E-state index in [1.165, 1.54) is 23.9 Å². The molecule has 2 aromatic heterocycles. The topological polar surface area (TPSA) is 117 Å². The third-order valence-electron chi connectivity index (χ3n) is 5.33. The Morgan fingerprint density at radius 1 is 1.00 bits per heavy atom. The minimum absolute atomic E-state index is 0.0178. The molecule has 3 aromatic carbocycles. The zero-order valence-electron chi connectivity index (χ0n) is 18.8. The molecule has 0 N–H and O–H groups in total. The molecule has 2 heterocycles. The van der Waals surface area contributed by atoms with Crippen molar-refractivity contribution in [3.8, 4) is 17.1 Å². The molecule has 0 saturated heterocycles. The molecule has 0 bridgehead atoms. The number of thioether (sulfide) groups is 1. The minimum atomic E-state index is -0.467. The van der Waals surface area contributed by atoms with Crippen LogP contribution >= 0.6 is 11.8 Å². The third-order valence-corrected chi connectivity index (χ3v) is 6.25. The Kier molecular flexibility index (Phi) is 5.87. The van der Waals surface area contributed by atoms with Crippen LogP contribution in [0.1, 0.15) is 17.0 Å². The van der Waals surface area contributed by atoms with Crippen molar-refractivity contribution in [1.82, 2.24) is 19.7 Å². The molecular formula is C25H19N5O4S. The van der Waals surface area contributed by atoms with E-state index in [1.54, 1.807) is 22.8 Å². The maximum absolute atomic E-state index is 13.5. The summed E-state index contributed by atoms with van der Waals surface area (Å²) in [7, 11) is 0. The fraction of sp³-hybridized carbons (Fsp3) is 0.120. The molecule has 0 aliphatic carbocycles. The summed E-state index contributed by atoms with van der Waals surface area (Å²) in [6.45, 7) is 3.97. The summed E-state index contributed by atoms with van der Waals surface area (Å²) in [5.74, 6) is 0.890. The lowest BCUT2D eigenvalue weighted by Crippen LogP contribution is -2.22. The van der Waals surface area contributed by atoms with Crippen LogP contribution in [0.3, 0.4) is 0 Å². The summed E-state index contributed by atoms with van der Waals surface area (Å²) in [5.41, 5.74) is 3.84. The SMILES string of the molecule is Cc1cc(C)cc(-n2c(SCc3nnc(-c4ccc([N+](=O)[O-])cc4)o3)nc3ccccc3c2=O)c1. The van der Waals surface area contributed by atoms with E-state index < -0.39 is 4.92 Å². The van der Waals surface area contributed by atoms with Crippen LogP contribution in [-0.4, -0.2) is 24.7 Å². The number of benzene rings is 3. The largest absolute Gasteiger partial charge is 0.420 e. The number of nitro groups is 1. The van der Waals surface area contributed by atoms with Crippen LogP contribution in [0.4, 0.5) is 5.69 Å². The van der Waals surface area contributed by atoms with Gasteiger partial charge in [-0.05, 0) is 61.4 Å². The van der Waals surface area contributed by atoms with Crippen molar-refractivity contribution >= 4 is 28.4 Å². The average Bonchev–Trinajstić information content (AvgIpc) is 3.31. The van der Waals surface area contributed by atoms with Gasteiger partial charge < -0.3 is 4.42 Å². The van der Waals surface area contributed by atoms with Crippen LogP contribution < -0.4 is 5.56 Å². The summed E-state index contributed by atoms with van der Waals surface area (Å²) in [5, 5.41) is 20.1. The van der Waals surface area contributed by atoms with Gasteiger partial charge in [0.2, 0.25) is 11.8 Å². The molecule has 0 aliphatic rings. The number of rotatable bonds is 6. The summed E-state index contributed by atoms with van der Waals surface area (Å²) < 4.78 is 7.38. The van der Waals surface area contributed by atoms with Gasteiger partial charge in [0, 0.05) is 17.7 Å². The summed E-state index contributed by atoms with van der Waals surface area (Å²) >= 11 is 1.32. The molecule has 9 nitrogen and oxygen atoms in total. The number of nitrogens with zero attached hydrogens (tertiary/aromatic N) is 5.